The monoisotopic (exact) mass is 409 g/mol. The molecule has 0 bridgehead atoms. The number of rotatable bonds is 6. The fourth-order valence-corrected chi connectivity index (χ4v) is 4.50. The Morgan fingerprint density at radius 1 is 1.42 bits per heavy atom. The van der Waals surface area contributed by atoms with Crippen molar-refractivity contribution in [3.63, 3.8) is 0 Å². The number of benzene rings is 1. The Kier molecular flexibility index (Phi) is 5.39. The number of aromatic amines is 1. The van der Waals surface area contributed by atoms with Crippen LogP contribution in [-0.4, -0.2) is 39.4 Å². The Hall–Kier alpha value is -1.68. The van der Waals surface area contributed by atoms with Crippen molar-refractivity contribution < 1.29 is 4.74 Å². The van der Waals surface area contributed by atoms with Crippen LogP contribution in [0.15, 0.2) is 27.3 Å². The minimum atomic E-state index is -0.190. The predicted molar refractivity (Wildman–Crippen MR) is 104 cm³/mol. The maximum absolute atomic E-state index is 12.2. The van der Waals surface area contributed by atoms with Crippen molar-refractivity contribution in [2.24, 2.45) is 0 Å². The average Bonchev–Trinajstić information content (AvgIpc) is 3.30. The van der Waals surface area contributed by atoms with Crippen LogP contribution < -0.4 is 10.9 Å². The van der Waals surface area contributed by atoms with Gasteiger partial charge in [-0.1, -0.05) is 34.7 Å². The summed E-state index contributed by atoms with van der Waals surface area (Å²) in [5, 5.41) is 13.4. The van der Waals surface area contributed by atoms with Gasteiger partial charge in [-0.25, -0.2) is 4.98 Å². The largest absolute Gasteiger partial charge is 0.376 e. The number of H-pyrrole nitrogens is 1. The van der Waals surface area contributed by atoms with E-state index < -0.39 is 0 Å². The zero-order chi connectivity index (χ0) is 17.9. The van der Waals surface area contributed by atoms with Gasteiger partial charge in [0.25, 0.3) is 5.56 Å². The van der Waals surface area contributed by atoms with E-state index in [1.165, 1.54) is 23.1 Å². The van der Waals surface area contributed by atoms with Gasteiger partial charge in [0, 0.05) is 18.2 Å². The second-order valence-corrected chi connectivity index (χ2v) is 8.49. The SMILES string of the molecule is O=c1[nH]c(CSc2nnc(NCC3CCCO3)s2)nc2ccc(Cl)cc12. The molecule has 1 aliphatic heterocycles. The van der Waals surface area contributed by atoms with E-state index in [1.54, 1.807) is 18.2 Å². The molecule has 26 heavy (non-hydrogen) atoms. The smallest absolute Gasteiger partial charge is 0.258 e. The molecular weight excluding hydrogens is 394 g/mol. The molecule has 3 aromatic rings. The lowest BCUT2D eigenvalue weighted by Gasteiger charge is -2.08. The van der Waals surface area contributed by atoms with Gasteiger partial charge in [0.05, 0.1) is 22.8 Å². The van der Waals surface area contributed by atoms with Gasteiger partial charge in [0.15, 0.2) is 4.34 Å². The van der Waals surface area contributed by atoms with Crippen molar-refractivity contribution in [1.29, 1.82) is 0 Å². The number of hydrogen-bond acceptors (Lipinski definition) is 8. The van der Waals surface area contributed by atoms with E-state index in [1.807, 2.05) is 0 Å². The van der Waals surface area contributed by atoms with Crippen LogP contribution in [0.3, 0.4) is 0 Å². The molecule has 1 aliphatic rings. The summed E-state index contributed by atoms with van der Waals surface area (Å²) in [6, 6.07) is 5.10. The second-order valence-electron chi connectivity index (χ2n) is 5.85. The molecule has 4 rings (SSSR count). The average molecular weight is 410 g/mol. The summed E-state index contributed by atoms with van der Waals surface area (Å²) >= 11 is 8.90. The van der Waals surface area contributed by atoms with E-state index in [4.69, 9.17) is 16.3 Å². The molecule has 1 atom stereocenters. The van der Waals surface area contributed by atoms with Crippen molar-refractivity contribution >= 4 is 50.7 Å². The third-order valence-corrected chi connectivity index (χ3v) is 6.22. The molecule has 0 spiro atoms. The number of aromatic nitrogens is 4. The molecule has 1 aromatic carbocycles. The van der Waals surface area contributed by atoms with Gasteiger partial charge in [-0.15, -0.1) is 10.2 Å². The zero-order valence-electron chi connectivity index (χ0n) is 13.7. The summed E-state index contributed by atoms with van der Waals surface area (Å²) in [5.41, 5.74) is 0.439. The molecule has 0 aliphatic carbocycles. The number of hydrogen-bond donors (Lipinski definition) is 2. The van der Waals surface area contributed by atoms with Crippen LogP contribution in [0, 0.1) is 0 Å². The first-order valence-electron chi connectivity index (χ1n) is 8.17. The summed E-state index contributed by atoms with van der Waals surface area (Å²) in [5.74, 6) is 1.10. The number of nitrogens with one attached hydrogen (secondary N) is 2. The summed E-state index contributed by atoms with van der Waals surface area (Å²) in [6.45, 7) is 1.59. The van der Waals surface area contributed by atoms with Crippen LogP contribution in [-0.2, 0) is 10.5 Å². The third kappa shape index (κ3) is 4.17. The van der Waals surface area contributed by atoms with E-state index in [-0.39, 0.29) is 11.7 Å². The maximum Gasteiger partial charge on any atom is 0.258 e. The molecule has 0 radical (unpaired) electrons. The highest BCUT2D eigenvalue weighted by molar-refractivity contribution is 8.00. The van der Waals surface area contributed by atoms with Crippen LogP contribution >= 0.6 is 34.7 Å². The molecule has 1 saturated heterocycles. The zero-order valence-corrected chi connectivity index (χ0v) is 16.1. The van der Waals surface area contributed by atoms with Crippen molar-refractivity contribution in [1.82, 2.24) is 20.2 Å². The molecule has 3 heterocycles. The molecule has 136 valence electrons. The molecular formula is C16H16ClN5O2S2. The fraction of sp³-hybridized carbons (Fsp3) is 0.375. The van der Waals surface area contributed by atoms with Crippen molar-refractivity contribution in [2.45, 2.75) is 29.0 Å². The molecule has 10 heteroatoms. The highest BCUT2D eigenvalue weighted by atomic mass is 35.5. The fourth-order valence-electron chi connectivity index (χ4n) is 2.70. The molecule has 1 unspecified atom stereocenters. The number of anilines is 1. The molecule has 0 amide bonds. The van der Waals surface area contributed by atoms with Crippen LogP contribution in [0.2, 0.25) is 5.02 Å². The quantitative estimate of drug-likeness (QED) is 0.603. The Labute approximate surface area is 162 Å². The first kappa shape index (κ1) is 17.7. The Balaban J connectivity index is 1.38. The number of nitrogens with zero attached hydrogens (tertiary/aromatic N) is 3. The second kappa shape index (κ2) is 7.91. The maximum atomic E-state index is 12.2. The summed E-state index contributed by atoms with van der Waals surface area (Å²) in [6.07, 6.45) is 2.46. The highest BCUT2D eigenvalue weighted by Gasteiger charge is 2.16. The number of thioether (sulfide) groups is 1. The molecule has 2 aromatic heterocycles. The lowest BCUT2D eigenvalue weighted by atomic mass is 10.2. The lowest BCUT2D eigenvalue weighted by molar-refractivity contribution is 0.120. The standard InChI is InChI=1S/C16H16ClN5O2S2/c17-9-3-4-12-11(6-9)14(23)20-13(19-12)8-25-16-22-21-15(26-16)18-7-10-2-1-5-24-10/h3-4,6,10H,1-2,5,7-8H2,(H,18,21)(H,19,20,23). The van der Waals surface area contributed by atoms with Crippen LogP contribution in [0.5, 0.6) is 0 Å². The van der Waals surface area contributed by atoms with Crippen molar-refractivity contribution in [2.75, 3.05) is 18.5 Å². The topological polar surface area (TPSA) is 92.8 Å². The molecule has 7 nitrogen and oxygen atoms in total. The Morgan fingerprint density at radius 2 is 2.35 bits per heavy atom. The van der Waals surface area contributed by atoms with Crippen LogP contribution in [0.1, 0.15) is 18.7 Å². The first-order valence-corrected chi connectivity index (χ1v) is 10.4. The van der Waals surface area contributed by atoms with Gasteiger partial charge in [0.2, 0.25) is 5.13 Å². The summed E-state index contributed by atoms with van der Waals surface area (Å²) < 4.78 is 6.40. The van der Waals surface area contributed by atoms with Gasteiger partial charge in [-0.2, -0.15) is 0 Å². The van der Waals surface area contributed by atoms with Crippen LogP contribution in [0.25, 0.3) is 10.9 Å². The number of halogens is 1. The minimum Gasteiger partial charge on any atom is -0.376 e. The van der Waals surface area contributed by atoms with E-state index in [2.05, 4.69) is 25.5 Å². The molecule has 2 N–H and O–H groups in total. The minimum absolute atomic E-state index is 0.190. The van der Waals surface area contributed by atoms with E-state index in [0.29, 0.717) is 27.5 Å². The van der Waals surface area contributed by atoms with Gasteiger partial charge in [0.1, 0.15) is 5.82 Å². The van der Waals surface area contributed by atoms with Crippen LogP contribution in [0.4, 0.5) is 5.13 Å². The van der Waals surface area contributed by atoms with Gasteiger partial charge >= 0.3 is 0 Å². The van der Waals surface area contributed by atoms with E-state index in [9.17, 15) is 4.79 Å². The van der Waals surface area contributed by atoms with Gasteiger partial charge < -0.3 is 15.0 Å². The van der Waals surface area contributed by atoms with Gasteiger partial charge in [-0.05, 0) is 31.0 Å². The Morgan fingerprint density at radius 3 is 3.19 bits per heavy atom. The van der Waals surface area contributed by atoms with Crippen molar-refractivity contribution in [3.05, 3.63) is 39.4 Å². The predicted octanol–water partition coefficient (Wildman–Crippen LogP) is 3.31. The third-order valence-electron chi connectivity index (χ3n) is 3.96. The first-order chi connectivity index (χ1) is 12.7. The van der Waals surface area contributed by atoms with E-state index >= 15 is 0 Å². The van der Waals surface area contributed by atoms with Gasteiger partial charge in [-0.3, -0.25) is 4.79 Å². The number of ether oxygens (including phenoxy) is 1. The highest BCUT2D eigenvalue weighted by Crippen LogP contribution is 2.28. The summed E-state index contributed by atoms with van der Waals surface area (Å²) in [4.78, 5) is 19.4. The molecule has 1 fully saturated rings. The van der Waals surface area contributed by atoms with Crippen molar-refractivity contribution in [3.8, 4) is 0 Å². The molecule has 0 saturated carbocycles. The number of fused-ring (bicyclic) bond motifs is 1. The Bertz CT molecular complexity index is 971. The normalized spacial score (nSPS) is 17.0. The lowest BCUT2D eigenvalue weighted by Crippen LogP contribution is -2.18. The summed E-state index contributed by atoms with van der Waals surface area (Å²) in [7, 11) is 0. The van der Waals surface area contributed by atoms with E-state index in [0.717, 1.165) is 35.5 Å².